The second-order valence-corrected chi connectivity index (χ2v) is 6.97. The normalized spacial score (nSPS) is 17.2. The van der Waals surface area contributed by atoms with Crippen LogP contribution in [0, 0.1) is 0 Å². The number of ether oxygens (including phenoxy) is 1. The first-order chi connectivity index (χ1) is 12.6. The molecule has 26 heavy (non-hydrogen) atoms. The van der Waals surface area contributed by atoms with Crippen molar-refractivity contribution in [3.8, 4) is 5.75 Å². The molecule has 0 radical (unpaired) electrons. The third-order valence-corrected chi connectivity index (χ3v) is 4.94. The molecule has 1 aliphatic rings. The van der Waals surface area contributed by atoms with Gasteiger partial charge in [-0.3, -0.25) is 9.59 Å². The Balaban J connectivity index is 1.75. The van der Waals surface area contributed by atoms with Gasteiger partial charge in [0.05, 0.1) is 6.61 Å². The third kappa shape index (κ3) is 6.45. The summed E-state index contributed by atoms with van der Waals surface area (Å²) in [5.74, 6) is 0.882. The van der Waals surface area contributed by atoms with Crippen molar-refractivity contribution in [1.29, 1.82) is 0 Å². The SMILES string of the molecule is CCCCCOc1ccc(C(=O)CCC(=O)N2CCCC(NC)C2)cc1. The van der Waals surface area contributed by atoms with Crippen LogP contribution in [0.1, 0.15) is 62.2 Å². The molecule has 0 saturated carbocycles. The van der Waals surface area contributed by atoms with Crippen LogP contribution in [0.5, 0.6) is 5.75 Å². The van der Waals surface area contributed by atoms with E-state index in [2.05, 4.69) is 12.2 Å². The predicted molar refractivity (Wildman–Crippen MR) is 104 cm³/mol. The molecule has 1 atom stereocenters. The quantitative estimate of drug-likeness (QED) is 0.513. The lowest BCUT2D eigenvalue weighted by Crippen LogP contribution is -2.47. The van der Waals surface area contributed by atoms with E-state index in [1.165, 1.54) is 6.42 Å². The zero-order valence-electron chi connectivity index (χ0n) is 16.1. The van der Waals surface area contributed by atoms with Crippen molar-refractivity contribution < 1.29 is 14.3 Å². The van der Waals surface area contributed by atoms with E-state index in [9.17, 15) is 9.59 Å². The number of unbranched alkanes of at least 4 members (excludes halogenated alkanes) is 2. The van der Waals surface area contributed by atoms with Gasteiger partial charge in [0.25, 0.3) is 0 Å². The van der Waals surface area contributed by atoms with Crippen LogP contribution in [-0.4, -0.2) is 49.4 Å². The Bertz CT molecular complexity index is 571. The maximum absolute atomic E-state index is 12.3. The number of hydrogen-bond acceptors (Lipinski definition) is 4. The molecule has 2 rings (SSSR count). The van der Waals surface area contributed by atoms with Crippen LogP contribution in [0.25, 0.3) is 0 Å². The fourth-order valence-corrected chi connectivity index (χ4v) is 3.24. The highest BCUT2D eigenvalue weighted by Crippen LogP contribution is 2.16. The monoisotopic (exact) mass is 360 g/mol. The summed E-state index contributed by atoms with van der Waals surface area (Å²) in [7, 11) is 1.93. The predicted octanol–water partition coefficient (Wildman–Crippen LogP) is 3.43. The maximum Gasteiger partial charge on any atom is 0.223 e. The van der Waals surface area contributed by atoms with Crippen LogP contribution < -0.4 is 10.1 Å². The summed E-state index contributed by atoms with van der Waals surface area (Å²) in [5.41, 5.74) is 0.644. The molecular formula is C21H32N2O3. The van der Waals surface area contributed by atoms with Gasteiger partial charge >= 0.3 is 0 Å². The number of ketones is 1. The molecule has 144 valence electrons. The molecule has 0 aromatic heterocycles. The van der Waals surface area contributed by atoms with Gasteiger partial charge in [0.2, 0.25) is 5.91 Å². The van der Waals surface area contributed by atoms with E-state index in [-0.39, 0.29) is 24.5 Å². The molecule has 1 N–H and O–H groups in total. The molecule has 5 nitrogen and oxygen atoms in total. The summed E-state index contributed by atoms with van der Waals surface area (Å²) in [6, 6.07) is 7.62. The largest absolute Gasteiger partial charge is 0.494 e. The van der Waals surface area contributed by atoms with Crippen LogP contribution in [0.4, 0.5) is 0 Å². The number of carbonyl (C=O) groups excluding carboxylic acids is 2. The van der Waals surface area contributed by atoms with Gasteiger partial charge in [-0.2, -0.15) is 0 Å². The molecule has 1 saturated heterocycles. The average Bonchev–Trinajstić information content (AvgIpc) is 2.69. The van der Waals surface area contributed by atoms with E-state index in [4.69, 9.17) is 4.74 Å². The van der Waals surface area contributed by atoms with E-state index >= 15 is 0 Å². The smallest absolute Gasteiger partial charge is 0.223 e. The van der Waals surface area contributed by atoms with Crippen LogP contribution in [-0.2, 0) is 4.79 Å². The van der Waals surface area contributed by atoms with Crippen LogP contribution in [0.2, 0.25) is 0 Å². The highest BCUT2D eigenvalue weighted by atomic mass is 16.5. The summed E-state index contributed by atoms with van der Waals surface area (Å²) < 4.78 is 5.66. The average molecular weight is 360 g/mol. The number of hydrogen-bond donors (Lipinski definition) is 1. The number of piperidine rings is 1. The molecule has 0 aliphatic carbocycles. The Morgan fingerprint density at radius 3 is 2.65 bits per heavy atom. The molecule has 0 spiro atoms. The topological polar surface area (TPSA) is 58.6 Å². The summed E-state index contributed by atoms with van der Waals surface area (Å²) in [6.45, 7) is 4.41. The molecule has 1 unspecified atom stereocenters. The number of amides is 1. The van der Waals surface area contributed by atoms with E-state index in [1.807, 2.05) is 24.1 Å². The van der Waals surface area contributed by atoms with Crippen molar-refractivity contribution in [3.63, 3.8) is 0 Å². The first kappa shape index (κ1) is 20.4. The second kappa shape index (κ2) is 11.0. The lowest BCUT2D eigenvalue weighted by molar-refractivity contribution is -0.132. The molecule has 1 aromatic carbocycles. The minimum absolute atomic E-state index is 0.0121. The molecule has 5 heteroatoms. The Hall–Kier alpha value is -1.88. The lowest BCUT2D eigenvalue weighted by Gasteiger charge is -2.32. The van der Waals surface area contributed by atoms with Crippen molar-refractivity contribution in [3.05, 3.63) is 29.8 Å². The Morgan fingerprint density at radius 2 is 1.96 bits per heavy atom. The van der Waals surface area contributed by atoms with E-state index in [0.717, 1.165) is 44.5 Å². The van der Waals surface area contributed by atoms with Gasteiger partial charge in [0, 0.05) is 37.5 Å². The van der Waals surface area contributed by atoms with Gasteiger partial charge in [-0.25, -0.2) is 0 Å². The van der Waals surface area contributed by atoms with Crippen LogP contribution in [0.15, 0.2) is 24.3 Å². The van der Waals surface area contributed by atoms with Crippen molar-refractivity contribution in [2.45, 2.75) is 57.9 Å². The van der Waals surface area contributed by atoms with Crippen LogP contribution >= 0.6 is 0 Å². The van der Waals surface area contributed by atoms with Crippen LogP contribution in [0.3, 0.4) is 0 Å². The number of rotatable bonds is 10. The Labute approximate surface area is 157 Å². The van der Waals surface area contributed by atoms with E-state index in [1.54, 1.807) is 12.1 Å². The zero-order chi connectivity index (χ0) is 18.8. The van der Waals surface area contributed by atoms with Crippen molar-refractivity contribution in [1.82, 2.24) is 10.2 Å². The van der Waals surface area contributed by atoms with Crippen molar-refractivity contribution in [2.24, 2.45) is 0 Å². The van der Waals surface area contributed by atoms with E-state index < -0.39 is 0 Å². The van der Waals surface area contributed by atoms with Gasteiger partial charge in [0.1, 0.15) is 5.75 Å². The van der Waals surface area contributed by atoms with Gasteiger partial charge in [-0.1, -0.05) is 19.8 Å². The molecule has 1 aliphatic heterocycles. The zero-order valence-corrected chi connectivity index (χ0v) is 16.1. The fraction of sp³-hybridized carbons (Fsp3) is 0.619. The molecule has 1 heterocycles. The second-order valence-electron chi connectivity index (χ2n) is 6.97. The minimum Gasteiger partial charge on any atom is -0.494 e. The molecule has 1 amide bonds. The number of likely N-dealkylation sites (tertiary alicyclic amines) is 1. The summed E-state index contributed by atoms with van der Waals surface area (Å²) in [6.07, 6.45) is 6.04. The maximum atomic E-state index is 12.3. The number of Topliss-reactive ketones (excluding diaryl/α,β-unsaturated/α-hetero) is 1. The number of benzene rings is 1. The summed E-state index contributed by atoms with van der Waals surface area (Å²) in [5, 5.41) is 3.23. The first-order valence-electron chi connectivity index (χ1n) is 9.85. The van der Waals surface area contributed by atoms with Gasteiger partial charge in [-0.15, -0.1) is 0 Å². The highest BCUT2D eigenvalue weighted by Gasteiger charge is 2.22. The molecule has 0 bridgehead atoms. The Kier molecular flexibility index (Phi) is 8.62. The first-order valence-corrected chi connectivity index (χ1v) is 9.85. The standard InChI is InChI=1S/C21H32N2O3/c1-3-4-5-15-26-19-10-8-17(9-11-19)20(24)12-13-21(25)23-14-6-7-18(16-23)22-2/h8-11,18,22H,3-7,12-16H2,1-2H3. The van der Waals surface area contributed by atoms with Gasteiger partial charge in [0.15, 0.2) is 5.78 Å². The van der Waals surface area contributed by atoms with Gasteiger partial charge in [-0.05, 0) is 50.6 Å². The van der Waals surface area contributed by atoms with Crippen molar-refractivity contribution >= 4 is 11.7 Å². The number of nitrogens with one attached hydrogen (secondary N) is 1. The van der Waals surface area contributed by atoms with Gasteiger partial charge < -0.3 is 15.0 Å². The summed E-state index contributed by atoms with van der Waals surface area (Å²) >= 11 is 0. The van der Waals surface area contributed by atoms with Crippen molar-refractivity contribution in [2.75, 3.05) is 26.7 Å². The summed E-state index contributed by atoms with van der Waals surface area (Å²) in [4.78, 5) is 26.6. The number of nitrogens with zero attached hydrogens (tertiary/aromatic N) is 1. The highest BCUT2D eigenvalue weighted by molar-refractivity contribution is 5.98. The molecule has 1 aromatic rings. The number of carbonyl (C=O) groups is 2. The third-order valence-electron chi connectivity index (χ3n) is 4.94. The Morgan fingerprint density at radius 1 is 1.19 bits per heavy atom. The lowest BCUT2D eigenvalue weighted by atomic mass is 10.0. The van der Waals surface area contributed by atoms with E-state index in [0.29, 0.717) is 18.2 Å². The minimum atomic E-state index is 0.0121. The fourth-order valence-electron chi connectivity index (χ4n) is 3.24. The molecular weight excluding hydrogens is 328 g/mol. The number of likely N-dealkylation sites (N-methyl/N-ethyl adjacent to an activating group) is 1. The molecule has 1 fully saturated rings.